The molecule has 4 nitrogen and oxygen atoms in total. The molecule has 1 aromatic carbocycles. The molecule has 23 heavy (non-hydrogen) atoms. The van der Waals surface area contributed by atoms with Crippen LogP contribution in [0.5, 0.6) is 11.5 Å². The number of hydrogen-bond acceptors (Lipinski definition) is 4. The van der Waals surface area contributed by atoms with Gasteiger partial charge in [0.2, 0.25) is 0 Å². The molecule has 0 radical (unpaired) electrons. The number of thiophene rings is 1. The normalized spacial score (nSPS) is 11.2. The number of alkyl halides is 3. The van der Waals surface area contributed by atoms with Crippen molar-refractivity contribution in [2.75, 3.05) is 19.1 Å². The van der Waals surface area contributed by atoms with E-state index in [1.54, 1.807) is 17.5 Å². The Labute approximate surface area is 135 Å². The third kappa shape index (κ3) is 3.95. The first kappa shape index (κ1) is 17.1. The second-order valence-corrected chi connectivity index (χ2v) is 5.54. The lowest BCUT2D eigenvalue weighted by Gasteiger charge is -2.24. The van der Waals surface area contributed by atoms with E-state index in [0.29, 0.717) is 15.5 Å². The number of methoxy groups -OCH3 is 2. The second-order valence-electron chi connectivity index (χ2n) is 4.51. The molecule has 1 aromatic heterocycles. The summed E-state index contributed by atoms with van der Waals surface area (Å²) in [5.41, 5.74) is 0.0818. The summed E-state index contributed by atoms with van der Waals surface area (Å²) < 4.78 is 48.8. The SMILES string of the molecule is COc1ccc(N(Cc2cccs2)C(=O)C(F)(F)F)cc1OC. The first-order chi connectivity index (χ1) is 10.9. The predicted molar refractivity (Wildman–Crippen MR) is 81.1 cm³/mol. The largest absolute Gasteiger partial charge is 0.493 e. The van der Waals surface area contributed by atoms with E-state index in [2.05, 4.69) is 0 Å². The molecule has 0 aliphatic carbocycles. The highest BCUT2D eigenvalue weighted by atomic mass is 32.1. The molecule has 0 spiro atoms. The van der Waals surface area contributed by atoms with E-state index < -0.39 is 12.1 Å². The van der Waals surface area contributed by atoms with Crippen molar-refractivity contribution < 1.29 is 27.4 Å². The number of carbonyl (C=O) groups is 1. The summed E-state index contributed by atoms with van der Waals surface area (Å²) in [5.74, 6) is -1.32. The standard InChI is InChI=1S/C15H14F3NO3S/c1-21-12-6-5-10(8-13(12)22-2)19(14(20)15(16,17)18)9-11-4-3-7-23-11/h3-8H,9H2,1-2H3. The summed E-state index contributed by atoms with van der Waals surface area (Å²) in [6, 6.07) is 7.57. The van der Waals surface area contributed by atoms with Crippen LogP contribution in [0.4, 0.5) is 18.9 Å². The van der Waals surface area contributed by atoms with Crippen molar-refractivity contribution in [1.29, 1.82) is 0 Å². The fraction of sp³-hybridized carbons (Fsp3) is 0.267. The summed E-state index contributed by atoms with van der Waals surface area (Å²) in [6.45, 7) is -0.175. The highest BCUT2D eigenvalue weighted by molar-refractivity contribution is 7.09. The van der Waals surface area contributed by atoms with Crippen molar-refractivity contribution in [2.45, 2.75) is 12.7 Å². The van der Waals surface area contributed by atoms with E-state index in [1.165, 1.54) is 43.8 Å². The summed E-state index contributed by atoms with van der Waals surface area (Å²) in [5, 5.41) is 1.74. The van der Waals surface area contributed by atoms with Crippen LogP contribution in [0.2, 0.25) is 0 Å². The number of amides is 1. The van der Waals surface area contributed by atoms with Gasteiger partial charge in [0.15, 0.2) is 11.5 Å². The van der Waals surface area contributed by atoms with Crippen molar-refractivity contribution in [1.82, 2.24) is 0 Å². The molecular formula is C15H14F3NO3S. The average Bonchev–Trinajstić information content (AvgIpc) is 3.03. The van der Waals surface area contributed by atoms with Crippen LogP contribution in [-0.2, 0) is 11.3 Å². The summed E-state index contributed by atoms with van der Waals surface area (Å²) in [7, 11) is 2.79. The van der Waals surface area contributed by atoms with Gasteiger partial charge in [-0.15, -0.1) is 11.3 Å². The van der Waals surface area contributed by atoms with Crippen molar-refractivity contribution in [2.24, 2.45) is 0 Å². The average molecular weight is 345 g/mol. The highest BCUT2D eigenvalue weighted by Gasteiger charge is 2.43. The number of halogens is 3. The topological polar surface area (TPSA) is 38.8 Å². The fourth-order valence-electron chi connectivity index (χ4n) is 1.98. The summed E-state index contributed by atoms with van der Waals surface area (Å²) in [6.07, 6.45) is -4.97. The van der Waals surface area contributed by atoms with Gasteiger partial charge in [0.25, 0.3) is 0 Å². The summed E-state index contributed by atoms with van der Waals surface area (Å²) in [4.78, 5) is 13.1. The lowest BCUT2D eigenvalue weighted by Crippen LogP contribution is -2.40. The minimum atomic E-state index is -4.97. The third-order valence-electron chi connectivity index (χ3n) is 3.06. The molecule has 2 aromatic rings. The van der Waals surface area contributed by atoms with Crippen molar-refractivity contribution in [3.8, 4) is 11.5 Å². The number of anilines is 1. The molecule has 2 rings (SSSR count). The summed E-state index contributed by atoms with van der Waals surface area (Å²) >= 11 is 1.27. The minimum Gasteiger partial charge on any atom is -0.493 e. The number of nitrogens with zero attached hydrogens (tertiary/aromatic N) is 1. The molecule has 0 saturated heterocycles. The second kappa shape index (κ2) is 6.91. The van der Waals surface area contributed by atoms with Crippen molar-refractivity contribution in [3.05, 3.63) is 40.6 Å². The molecule has 0 atom stereocenters. The van der Waals surface area contributed by atoms with Crippen molar-refractivity contribution in [3.63, 3.8) is 0 Å². The maximum Gasteiger partial charge on any atom is 0.471 e. The molecule has 0 aliphatic rings. The molecule has 0 unspecified atom stereocenters. The zero-order chi connectivity index (χ0) is 17.0. The van der Waals surface area contributed by atoms with Crippen LogP contribution in [-0.4, -0.2) is 26.3 Å². The molecule has 1 amide bonds. The Hall–Kier alpha value is -2.22. The van der Waals surface area contributed by atoms with Crippen molar-refractivity contribution >= 4 is 22.9 Å². The molecule has 8 heteroatoms. The van der Waals surface area contributed by atoms with Crippen LogP contribution in [0.15, 0.2) is 35.7 Å². The number of carbonyl (C=O) groups excluding carboxylic acids is 1. The number of hydrogen-bond donors (Lipinski definition) is 0. The van der Waals surface area contributed by atoms with Crippen LogP contribution in [0.1, 0.15) is 4.88 Å². The van der Waals surface area contributed by atoms with Gasteiger partial charge in [0, 0.05) is 16.6 Å². The molecular weight excluding hydrogens is 331 g/mol. The van der Waals surface area contributed by atoms with Gasteiger partial charge < -0.3 is 9.47 Å². The molecule has 0 bridgehead atoms. The van der Waals surface area contributed by atoms with Crippen LogP contribution in [0.25, 0.3) is 0 Å². The molecule has 0 fully saturated rings. The molecule has 0 saturated carbocycles. The van der Waals surface area contributed by atoms with Crippen LogP contribution >= 0.6 is 11.3 Å². The Kier molecular flexibility index (Phi) is 5.15. The first-order valence-electron chi connectivity index (χ1n) is 6.50. The van der Waals surface area contributed by atoms with Gasteiger partial charge in [0.1, 0.15) is 0 Å². The molecule has 0 N–H and O–H groups in total. The zero-order valence-corrected chi connectivity index (χ0v) is 13.2. The maximum atomic E-state index is 12.9. The van der Waals surface area contributed by atoms with E-state index in [1.807, 2.05) is 0 Å². The quantitative estimate of drug-likeness (QED) is 0.826. The third-order valence-corrected chi connectivity index (χ3v) is 3.92. The minimum absolute atomic E-state index is 0.0818. The Morgan fingerprint density at radius 3 is 2.39 bits per heavy atom. The van der Waals surface area contributed by atoms with Gasteiger partial charge in [-0.3, -0.25) is 9.69 Å². The first-order valence-corrected chi connectivity index (χ1v) is 7.38. The van der Waals surface area contributed by atoms with E-state index in [-0.39, 0.29) is 18.0 Å². The highest BCUT2D eigenvalue weighted by Crippen LogP contribution is 2.34. The Morgan fingerprint density at radius 1 is 1.17 bits per heavy atom. The van der Waals surface area contributed by atoms with Crippen LogP contribution in [0, 0.1) is 0 Å². The van der Waals surface area contributed by atoms with Gasteiger partial charge in [-0.1, -0.05) is 6.07 Å². The number of ether oxygens (including phenoxy) is 2. The molecule has 1 heterocycles. The molecule has 0 aliphatic heterocycles. The van der Waals surface area contributed by atoms with E-state index in [0.717, 1.165) is 0 Å². The van der Waals surface area contributed by atoms with Gasteiger partial charge in [0.05, 0.1) is 20.8 Å². The van der Waals surface area contributed by atoms with Gasteiger partial charge >= 0.3 is 12.1 Å². The smallest absolute Gasteiger partial charge is 0.471 e. The Bertz CT molecular complexity index is 671. The number of rotatable bonds is 5. The lowest BCUT2D eigenvalue weighted by molar-refractivity contribution is -0.170. The predicted octanol–water partition coefficient (Wildman–Crippen LogP) is 3.86. The van der Waals surface area contributed by atoms with Gasteiger partial charge in [-0.05, 0) is 23.6 Å². The van der Waals surface area contributed by atoms with E-state index >= 15 is 0 Å². The zero-order valence-electron chi connectivity index (χ0n) is 12.4. The lowest BCUT2D eigenvalue weighted by atomic mass is 10.2. The Morgan fingerprint density at radius 2 is 1.87 bits per heavy atom. The Balaban J connectivity index is 2.42. The van der Waals surface area contributed by atoms with E-state index in [4.69, 9.17) is 9.47 Å². The monoisotopic (exact) mass is 345 g/mol. The van der Waals surface area contributed by atoms with E-state index in [9.17, 15) is 18.0 Å². The van der Waals surface area contributed by atoms with Crippen LogP contribution < -0.4 is 14.4 Å². The van der Waals surface area contributed by atoms with Gasteiger partial charge in [-0.2, -0.15) is 13.2 Å². The van der Waals surface area contributed by atoms with Gasteiger partial charge in [-0.25, -0.2) is 0 Å². The van der Waals surface area contributed by atoms with Crippen LogP contribution in [0.3, 0.4) is 0 Å². The maximum absolute atomic E-state index is 12.9. The number of benzene rings is 1. The molecule has 124 valence electrons. The fourth-order valence-corrected chi connectivity index (χ4v) is 2.68.